The van der Waals surface area contributed by atoms with E-state index in [1.54, 1.807) is 12.1 Å². The van der Waals surface area contributed by atoms with E-state index < -0.39 is 0 Å². The molecule has 1 aliphatic carbocycles. The lowest BCUT2D eigenvalue weighted by atomic mass is 10.0. The first kappa shape index (κ1) is 15.2. The molecule has 1 aromatic rings. The number of nitro groups is 1. The lowest BCUT2D eigenvalue weighted by Gasteiger charge is -2.21. The highest BCUT2D eigenvalue weighted by atomic mass is 32.2. The van der Waals surface area contributed by atoms with Gasteiger partial charge >= 0.3 is 0 Å². The normalized spacial score (nSPS) is 16.1. The van der Waals surface area contributed by atoms with E-state index >= 15 is 0 Å². The van der Waals surface area contributed by atoms with Crippen LogP contribution >= 0.6 is 11.8 Å². The summed E-state index contributed by atoms with van der Waals surface area (Å²) in [5, 5.41) is 14.9. The standard InChI is InChI=1S/C15H22N2O2S/c1-2-16-15-9-8-13(17(18)19)10-12(15)11-20-14-6-4-3-5-7-14/h8-10,14,16H,2-7,11H2,1H3. The Morgan fingerprint density at radius 2 is 2.10 bits per heavy atom. The molecule has 4 nitrogen and oxygen atoms in total. The summed E-state index contributed by atoms with van der Waals surface area (Å²) >= 11 is 1.95. The molecule has 0 spiro atoms. The maximum absolute atomic E-state index is 10.9. The summed E-state index contributed by atoms with van der Waals surface area (Å²) in [5.74, 6) is 0.856. The molecule has 20 heavy (non-hydrogen) atoms. The molecule has 1 N–H and O–H groups in total. The lowest BCUT2D eigenvalue weighted by molar-refractivity contribution is -0.384. The number of anilines is 1. The third kappa shape index (κ3) is 4.13. The van der Waals surface area contributed by atoms with Crippen LogP contribution in [0.25, 0.3) is 0 Å². The molecular weight excluding hydrogens is 272 g/mol. The Morgan fingerprint density at radius 3 is 2.75 bits per heavy atom. The fraction of sp³-hybridized carbons (Fsp3) is 0.600. The van der Waals surface area contributed by atoms with Gasteiger partial charge in [-0.05, 0) is 31.4 Å². The van der Waals surface area contributed by atoms with Crippen LogP contribution in [0.15, 0.2) is 18.2 Å². The van der Waals surface area contributed by atoms with Crippen molar-refractivity contribution in [2.45, 2.75) is 50.0 Å². The summed E-state index contributed by atoms with van der Waals surface area (Å²) < 4.78 is 0. The molecule has 1 aliphatic rings. The van der Waals surface area contributed by atoms with E-state index in [1.165, 1.54) is 32.1 Å². The molecule has 110 valence electrons. The van der Waals surface area contributed by atoms with Gasteiger partial charge in [-0.25, -0.2) is 0 Å². The summed E-state index contributed by atoms with van der Waals surface area (Å²) in [5.41, 5.74) is 2.27. The average Bonchev–Trinajstić information content (AvgIpc) is 2.47. The Balaban J connectivity index is 2.06. The summed E-state index contributed by atoms with van der Waals surface area (Å²) in [4.78, 5) is 10.6. The number of nitrogens with one attached hydrogen (secondary N) is 1. The van der Waals surface area contributed by atoms with E-state index in [4.69, 9.17) is 0 Å². The monoisotopic (exact) mass is 294 g/mol. The van der Waals surface area contributed by atoms with Gasteiger partial charge in [-0.1, -0.05) is 19.3 Å². The molecule has 1 aromatic carbocycles. The molecule has 1 saturated carbocycles. The first-order valence-electron chi connectivity index (χ1n) is 7.33. The Morgan fingerprint density at radius 1 is 1.35 bits per heavy atom. The van der Waals surface area contributed by atoms with Gasteiger partial charge in [-0.2, -0.15) is 11.8 Å². The minimum absolute atomic E-state index is 0.186. The zero-order valence-electron chi connectivity index (χ0n) is 11.9. The largest absolute Gasteiger partial charge is 0.385 e. The van der Waals surface area contributed by atoms with E-state index in [0.717, 1.165) is 28.8 Å². The SMILES string of the molecule is CCNc1ccc([N+](=O)[O-])cc1CSC1CCCCC1. The minimum atomic E-state index is -0.315. The van der Waals surface area contributed by atoms with Crippen LogP contribution in [-0.2, 0) is 5.75 Å². The van der Waals surface area contributed by atoms with Crippen LogP contribution in [0.4, 0.5) is 11.4 Å². The fourth-order valence-corrected chi connectivity index (χ4v) is 3.94. The second-order valence-electron chi connectivity index (χ2n) is 5.20. The topological polar surface area (TPSA) is 55.2 Å². The minimum Gasteiger partial charge on any atom is -0.385 e. The van der Waals surface area contributed by atoms with Gasteiger partial charge in [-0.3, -0.25) is 10.1 Å². The first-order valence-corrected chi connectivity index (χ1v) is 8.38. The molecule has 0 amide bonds. The van der Waals surface area contributed by atoms with Gasteiger partial charge in [0.05, 0.1) is 4.92 Å². The summed E-state index contributed by atoms with van der Waals surface area (Å²) in [6.07, 6.45) is 6.59. The van der Waals surface area contributed by atoms with Crippen molar-refractivity contribution in [2.75, 3.05) is 11.9 Å². The Kier molecular flexibility index (Phi) is 5.71. The number of nitrogens with zero attached hydrogens (tertiary/aromatic N) is 1. The van der Waals surface area contributed by atoms with Crippen LogP contribution in [0.2, 0.25) is 0 Å². The van der Waals surface area contributed by atoms with Crippen molar-refractivity contribution in [3.8, 4) is 0 Å². The van der Waals surface area contributed by atoms with Gasteiger partial charge < -0.3 is 5.32 Å². The maximum atomic E-state index is 10.9. The number of non-ortho nitro benzene ring substituents is 1. The van der Waals surface area contributed by atoms with Gasteiger partial charge in [0.15, 0.2) is 0 Å². The average molecular weight is 294 g/mol. The van der Waals surface area contributed by atoms with E-state index in [-0.39, 0.29) is 10.6 Å². The van der Waals surface area contributed by atoms with Crippen LogP contribution in [0.5, 0.6) is 0 Å². The molecule has 0 unspecified atom stereocenters. The van der Waals surface area contributed by atoms with Crippen molar-refractivity contribution < 1.29 is 4.92 Å². The van der Waals surface area contributed by atoms with E-state index in [1.807, 2.05) is 24.8 Å². The van der Waals surface area contributed by atoms with Gasteiger partial charge in [0.2, 0.25) is 0 Å². The van der Waals surface area contributed by atoms with Crippen molar-refractivity contribution in [2.24, 2.45) is 0 Å². The van der Waals surface area contributed by atoms with Crippen molar-refractivity contribution in [1.82, 2.24) is 0 Å². The molecule has 2 rings (SSSR count). The number of rotatable bonds is 6. The number of hydrogen-bond donors (Lipinski definition) is 1. The molecule has 0 bridgehead atoms. The Hall–Kier alpha value is -1.23. The molecule has 1 fully saturated rings. The first-order chi connectivity index (χ1) is 9.70. The van der Waals surface area contributed by atoms with E-state index in [2.05, 4.69) is 5.32 Å². The van der Waals surface area contributed by atoms with Crippen LogP contribution in [0, 0.1) is 10.1 Å². The van der Waals surface area contributed by atoms with Gasteiger partial charge in [0.1, 0.15) is 0 Å². The summed E-state index contributed by atoms with van der Waals surface area (Å²) in [7, 11) is 0. The Bertz CT molecular complexity index is 459. The number of nitro benzene ring substituents is 1. The third-order valence-electron chi connectivity index (χ3n) is 3.69. The predicted octanol–water partition coefficient (Wildman–Crippen LogP) is 4.59. The molecule has 0 atom stereocenters. The summed E-state index contributed by atoms with van der Waals surface area (Å²) in [6.45, 7) is 2.87. The van der Waals surface area contributed by atoms with Crippen LogP contribution < -0.4 is 5.32 Å². The molecule has 0 heterocycles. The quantitative estimate of drug-likeness (QED) is 0.615. The number of benzene rings is 1. The Labute approximate surface area is 124 Å². The highest BCUT2D eigenvalue weighted by Crippen LogP contribution is 2.33. The third-order valence-corrected chi connectivity index (χ3v) is 5.11. The molecule has 0 aliphatic heterocycles. The van der Waals surface area contributed by atoms with E-state index in [9.17, 15) is 10.1 Å². The van der Waals surface area contributed by atoms with Crippen LogP contribution in [-0.4, -0.2) is 16.7 Å². The fourth-order valence-electron chi connectivity index (χ4n) is 2.62. The van der Waals surface area contributed by atoms with Crippen LogP contribution in [0.1, 0.15) is 44.6 Å². The zero-order valence-corrected chi connectivity index (χ0v) is 12.7. The van der Waals surface area contributed by atoms with Gasteiger partial charge in [0.25, 0.3) is 5.69 Å². The molecule has 0 radical (unpaired) electrons. The van der Waals surface area contributed by atoms with Crippen molar-refractivity contribution in [3.05, 3.63) is 33.9 Å². The second-order valence-corrected chi connectivity index (χ2v) is 6.49. The highest BCUT2D eigenvalue weighted by molar-refractivity contribution is 7.99. The van der Waals surface area contributed by atoms with Crippen LogP contribution in [0.3, 0.4) is 0 Å². The molecule has 5 heteroatoms. The number of hydrogen-bond acceptors (Lipinski definition) is 4. The molecular formula is C15H22N2O2S. The molecule has 0 aromatic heterocycles. The predicted molar refractivity (Wildman–Crippen MR) is 85.4 cm³/mol. The second kappa shape index (κ2) is 7.53. The number of thioether (sulfide) groups is 1. The van der Waals surface area contributed by atoms with E-state index in [0.29, 0.717) is 0 Å². The van der Waals surface area contributed by atoms with Gasteiger partial charge in [0, 0.05) is 35.4 Å². The smallest absolute Gasteiger partial charge is 0.269 e. The van der Waals surface area contributed by atoms with Crippen molar-refractivity contribution in [1.29, 1.82) is 0 Å². The van der Waals surface area contributed by atoms with Crippen molar-refractivity contribution in [3.63, 3.8) is 0 Å². The lowest BCUT2D eigenvalue weighted by Crippen LogP contribution is -2.09. The zero-order chi connectivity index (χ0) is 14.4. The highest BCUT2D eigenvalue weighted by Gasteiger charge is 2.16. The van der Waals surface area contributed by atoms with Crippen molar-refractivity contribution >= 4 is 23.1 Å². The maximum Gasteiger partial charge on any atom is 0.269 e. The molecule has 0 saturated heterocycles. The van der Waals surface area contributed by atoms with Gasteiger partial charge in [-0.15, -0.1) is 0 Å². The summed E-state index contributed by atoms with van der Waals surface area (Å²) in [6, 6.07) is 5.12.